The number of hydrogen-bond donors (Lipinski definition) is 0. The summed E-state index contributed by atoms with van der Waals surface area (Å²) in [5.41, 5.74) is 1.08. The Hall–Kier alpha value is -1.66. The zero-order valence-corrected chi connectivity index (χ0v) is 13.5. The molecule has 1 aliphatic rings. The first-order valence-electron chi connectivity index (χ1n) is 6.93. The molecule has 0 bridgehead atoms. The molecule has 0 radical (unpaired) electrons. The van der Waals surface area contributed by atoms with Gasteiger partial charge < -0.3 is 14.2 Å². The number of hydrogen-bond acceptors (Lipinski definition) is 5. The molecule has 2 heterocycles. The van der Waals surface area contributed by atoms with Crippen LogP contribution in [-0.2, 0) is 14.2 Å². The van der Waals surface area contributed by atoms with Crippen LogP contribution in [0.3, 0.4) is 0 Å². The van der Waals surface area contributed by atoms with Crippen LogP contribution in [0.4, 0.5) is 0 Å². The van der Waals surface area contributed by atoms with Crippen LogP contribution in [0.15, 0.2) is 42.6 Å². The molecule has 120 valence electrons. The molecule has 0 saturated carbocycles. The minimum atomic E-state index is -0.540. The average Bonchev–Trinajstić information content (AvgIpc) is 3.03. The van der Waals surface area contributed by atoms with E-state index < -0.39 is 12.3 Å². The van der Waals surface area contributed by atoms with Crippen molar-refractivity contribution in [2.24, 2.45) is 0 Å². The summed E-state index contributed by atoms with van der Waals surface area (Å²) >= 11 is 11.7. The number of rotatable bonds is 4. The van der Waals surface area contributed by atoms with Gasteiger partial charge in [0, 0.05) is 16.8 Å². The van der Waals surface area contributed by atoms with Gasteiger partial charge in [0.05, 0.1) is 12.2 Å². The standard InChI is InChI=1S/C16H13Cl2NO4/c17-11-5-3-10(4-6-11)16-22-9-12(23-16)8-21-15(20)13-2-1-7-19-14(13)18/h1-7,12,16H,8-9H2/t12-,16+/m0/s1. The maximum Gasteiger partial charge on any atom is 0.341 e. The number of carbonyl (C=O) groups excluding carboxylic acids is 1. The SMILES string of the molecule is O=C(OC[C@H]1CO[C@@H](c2ccc(Cl)cc2)O1)c1cccnc1Cl. The minimum absolute atomic E-state index is 0.0775. The van der Waals surface area contributed by atoms with Crippen molar-refractivity contribution < 1.29 is 19.0 Å². The quantitative estimate of drug-likeness (QED) is 0.620. The number of esters is 1. The summed E-state index contributed by atoms with van der Waals surface area (Å²) in [6.45, 7) is 0.412. The Morgan fingerprint density at radius 1 is 1.26 bits per heavy atom. The Balaban J connectivity index is 1.53. The lowest BCUT2D eigenvalue weighted by Crippen LogP contribution is -2.21. The van der Waals surface area contributed by atoms with E-state index in [4.69, 9.17) is 37.4 Å². The molecule has 0 unspecified atom stereocenters. The number of benzene rings is 1. The summed E-state index contributed by atoms with van der Waals surface area (Å²) in [5, 5.41) is 0.755. The van der Waals surface area contributed by atoms with E-state index in [9.17, 15) is 4.79 Å². The molecule has 1 saturated heterocycles. The van der Waals surface area contributed by atoms with Gasteiger partial charge in [-0.15, -0.1) is 0 Å². The molecule has 5 nitrogen and oxygen atoms in total. The molecular formula is C16H13Cl2NO4. The number of halogens is 2. The van der Waals surface area contributed by atoms with Crippen molar-refractivity contribution in [2.75, 3.05) is 13.2 Å². The van der Waals surface area contributed by atoms with Gasteiger partial charge in [-0.3, -0.25) is 0 Å². The summed E-state index contributed by atoms with van der Waals surface area (Å²) in [7, 11) is 0. The minimum Gasteiger partial charge on any atom is -0.459 e. The molecule has 1 fully saturated rings. The summed E-state index contributed by atoms with van der Waals surface area (Å²) in [4.78, 5) is 15.8. The van der Waals surface area contributed by atoms with Crippen LogP contribution in [0, 0.1) is 0 Å². The van der Waals surface area contributed by atoms with Crippen LogP contribution in [0.5, 0.6) is 0 Å². The van der Waals surface area contributed by atoms with Gasteiger partial charge in [0.1, 0.15) is 17.9 Å². The maximum atomic E-state index is 12.0. The lowest BCUT2D eigenvalue weighted by Gasteiger charge is -2.12. The van der Waals surface area contributed by atoms with Crippen LogP contribution in [-0.4, -0.2) is 30.3 Å². The summed E-state index contributed by atoms with van der Waals surface area (Å²) in [5.74, 6) is -0.540. The number of nitrogens with zero attached hydrogens (tertiary/aromatic N) is 1. The second kappa shape index (κ2) is 7.27. The second-order valence-electron chi connectivity index (χ2n) is 4.92. The molecule has 0 spiro atoms. The first kappa shape index (κ1) is 16.2. The third-order valence-electron chi connectivity index (χ3n) is 3.27. The van der Waals surface area contributed by atoms with E-state index in [2.05, 4.69) is 4.98 Å². The molecule has 1 aromatic carbocycles. The first-order valence-corrected chi connectivity index (χ1v) is 7.69. The highest BCUT2D eigenvalue weighted by atomic mass is 35.5. The number of ether oxygens (including phenoxy) is 3. The van der Waals surface area contributed by atoms with E-state index in [1.165, 1.54) is 6.20 Å². The van der Waals surface area contributed by atoms with Gasteiger partial charge in [0.2, 0.25) is 0 Å². The predicted molar refractivity (Wildman–Crippen MR) is 84.5 cm³/mol. The largest absolute Gasteiger partial charge is 0.459 e. The smallest absolute Gasteiger partial charge is 0.341 e. The molecule has 0 aliphatic carbocycles. The van der Waals surface area contributed by atoms with Crippen molar-refractivity contribution in [1.29, 1.82) is 0 Å². The zero-order chi connectivity index (χ0) is 16.2. The monoisotopic (exact) mass is 353 g/mol. The van der Waals surface area contributed by atoms with Crippen LogP contribution in [0.25, 0.3) is 0 Å². The fraction of sp³-hybridized carbons (Fsp3) is 0.250. The third kappa shape index (κ3) is 4.00. The molecule has 1 aromatic heterocycles. The zero-order valence-electron chi connectivity index (χ0n) is 11.9. The predicted octanol–water partition coefficient (Wildman–Crippen LogP) is 3.66. The molecule has 0 N–H and O–H groups in total. The summed E-state index contributed by atoms with van der Waals surface area (Å²) < 4.78 is 16.5. The fourth-order valence-electron chi connectivity index (χ4n) is 2.11. The van der Waals surface area contributed by atoms with E-state index in [0.29, 0.717) is 11.6 Å². The first-order chi connectivity index (χ1) is 11.1. The van der Waals surface area contributed by atoms with Crippen molar-refractivity contribution in [3.8, 4) is 0 Å². The van der Waals surface area contributed by atoms with E-state index in [1.807, 2.05) is 12.1 Å². The second-order valence-corrected chi connectivity index (χ2v) is 5.71. The molecule has 0 amide bonds. The molecule has 2 aromatic rings. The highest BCUT2D eigenvalue weighted by Gasteiger charge is 2.28. The third-order valence-corrected chi connectivity index (χ3v) is 3.82. The summed E-state index contributed by atoms with van der Waals surface area (Å²) in [6, 6.07) is 10.4. The lowest BCUT2D eigenvalue weighted by molar-refractivity contribution is -0.0696. The molecule has 7 heteroatoms. The fourth-order valence-corrected chi connectivity index (χ4v) is 2.44. The van der Waals surface area contributed by atoms with Gasteiger partial charge in [-0.05, 0) is 24.3 Å². The molecule has 3 rings (SSSR count). The number of carbonyl (C=O) groups is 1. The number of aromatic nitrogens is 1. The molecule has 2 atom stereocenters. The lowest BCUT2D eigenvalue weighted by atomic mass is 10.2. The molecule has 1 aliphatic heterocycles. The van der Waals surface area contributed by atoms with Gasteiger partial charge in [-0.1, -0.05) is 35.3 Å². The van der Waals surface area contributed by atoms with E-state index in [0.717, 1.165) is 5.56 Å². The highest BCUT2D eigenvalue weighted by molar-refractivity contribution is 6.32. The Kier molecular flexibility index (Phi) is 5.13. The Morgan fingerprint density at radius 2 is 2.04 bits per heavy atom. The van der Waals surface area contributed by atoms with Crippen LogP contribution < -0.4 is 0 Å². The van der Waals surface area contributed by atoms with Crippen molar-refractivity contribution in [2.45, 2.75) is 12.4 Å². The van der Waals surface area contributed by atoms with Gasteiger partial charge in [-0.2, -0.15) is 0 Å². The molecule has 23 heavy (non-hydrogen) atoms. The van der Waals surface area contributed by atoms with E-state index in [-0.39, 0.29) is 23.4 Å². The maximum absolute atomic E-state index is 12.0. The van der Waals surface area contributed by atoms with Crippen molar-refractivity contribution >= 4 is 29.2 Å². The van der Waals surface area contributed by atoms with Gasteiger partial charge in [0.15, 0.2) is 6.29 Å². The summed E-state index contributed by atoms with van der Waals surface area (Å²) in [6.07, 6.45) is 0.678. The van der Waals surface area contributed by atoms with Gasteiger partial charge >= 0.3 is 5.97 Å². The van der Waals surface area contributed by atoms with Crippen molar-refractivity contribution in [3.05, 3.63) is 63.9 Å². The highest BCUT2D eigenvalue weighted by Crippen LogP contribution is 2.28. The van der Waals surface area contributed by atoms with Crippen molar-refractivity contribution in [1.82, 2.24) is 4.98 Å². The Bertz CT molecular complexity index is 693. The normalized spacial score (nSPS) is 20.4. The van der Waals surface area contributed by atoms with E-state index >= 15 is 0 Å². The average molecular weight is 354 g/mol. The molecular weight excluding hydrogens is 341 g/mol. The van der Waals surface area contributed by atoms with Gasteiger partial charge in [-0.25, -0.2) is 9.78 Å². The Labute approximate surface area is 143 Å². The van der Waals surface area contributed by atoms with E-state index in [1.54, 1.807) is 24.3 Å². The van der Waals surface area contributed by atoms with Gasteiger partial charge in [0.25, 0.3) is 0 Å². The number of pyridine rings is 1. The van der Waals surface area contributed by atoms with Crippen molar-refractivity contribution in [3.63, 3.8) is 0 Å². The Morgan fingerprint density at radius 3 is 2.78 bits per heavy atom. The van der Waals surface area contributed by atoms with Crippen LogP contribution in [0.2, 0.25) is 10.2 Å². The van der Waals surface area contributed by atoms with Crippen LogP contribution >= 0.6 is 23.2 Å². The topological polar surface area (TPSA) is 57.7 Å². The van der Waals surface area contributed by atoms with Crippen LogP contribution in [0.1, 0.15) is 22.2 Å².